The van der Waals surface area contributed by atoms with Crippen LogP contribution in [0, 0.1) is 6.92 Å². The molecule has 0 aliphatic heterocycles. The quantitative estimate of drug-likeness (QED) is 0.554. The van der Waals surface area contributed by atoms with Gasteiger partial charge in [0, 0.05) is 0 Å². The van der Waals surface area contributed by atoms with Crippen LogP contribution in [0.1, 0.15) is 15.9 Å². The van der Waals surface area contributed by atoms with Gasteiger partial charge in [0.05, 0.1) is 16.6 Å². The number of aromatic nitrogens is 2. The number of aromatic carboxylic acids is 1. The van der Waals surface area contributed by atoms with Gasteiger partial charge in [-0.15, -0.1) is 0 Å². The zero-order valence-electron chi connectivity index (χ0n) is 8.86. The number of carbonyl (C=O) groups is 1. The Bertz CT molecular complexity index is 615. The Labute approximate surface area is 101 Å². The van der Waals surface area contributed by atoms with Crippen molar-refractivity contribution in [1.82, 2.24) is 9.97 Å². The molecule has 2 aromatic rings. The van der Waals surface area contributed by atoms with Crippen molar-refractivity contribution >= 4 is 34.4 Å². The van der Waals surface area contributed by atoms with Crippen LogP contribution in [-0.4, -0.2) is 21.0 Å². The number of hydrogen-bond acceptors (Lipinski definition) is 5. The Morgan fingerprint density at radius 3 is 2.76 bits per heavy atom. The molecule has 17 heavy (non-hydrogen) atoms. The van der Waals surface area contributed by atoms with Crippen molar-refractivity contribution in [2.75, 3.05) is 5.43 Å². The van der Waals surface area contributed by atoms with E-state index in [-0.39, 0.29) is 16.5 Å². The molecule has 2 rings (SSSR count). The van der Waals surface area contributed by atoms with E-state index in [1.807, 2.05) is 0 Å². The fraction of sp³-hybridized carbons (Fsp3) is 0.100. The molecule has 7 heteroatoms. The van der Waals surface area contributed by atoms with E-state index in [1.54, 1.807) is 13.0 Å². The van der Waals surface area contributed by atoms with Crippen LogP contribution in [0.2, 0.25) is 5.15 Å². The summed E-state index contributed by atoms with van der Waals surface area (Å²) in [4.78, 5) is 19.2. The number of aryl methyl sites for hydroxylation is 1. The fourth-order valence-electron chi connectivity index (χ4n) is 1.56. The van der Waals surface area contributed by atoms with Gasteiger partial charge in [-0.2, -0.15) is 0 Å². The minimum Gasteiger partial charge on any atom is -0.478 e. The lowest BCUT2D eigenvalue weighted by atomic mass is 10.1. The Morgan fingerprint density at radius 2 is 2.18 bits per heavy atom. The van der Waals surface area contributed by atoms with Crippen LogP contribution in [0.4, 0.5) is 5.82 Å². The van der Waals surface area contributed by atoms with E-state index in [4.69, 9.17) is 22.6 Å². The maximum atomic E-state index is 11.0. The summed E-state index contributed by atoms with van der Waals surface area (Å²) in [5.41, 5.74) is 4.01. The number of anilines is 1. The molecule has 0 atom stereocenters. The highest BCUT2D eigenvalue weighted by Gasteiger charge is 2.13. The summed E-state index contributed by atoms with van der Waals surface area (Å²) in [6, 6.07) is 3.04. The molecule has 0 fully saturated rings. The number of nitrogens with zero attached hydrogens (tertiary/aromatic N) is 2. The van der Waals surface area contributed by atoms with Crippen LogP contribution in [0.5, 0.6) is 0 Å². The Morgan fingerprint density at radius 1 is 1.47 bits per heavy atom. The van der Waals surface area contributed by atoms with Gasteiger partial charge in [0.1, 0.15) is 0 Å². The first-order chi connectivity index (χ1) is 8.04. The summed E-state index contributed by atoms with van der Waals surface area (Å²) in [6.45, 7) is 1.66. The lowest BCUT2D eigenvalue weighted by molar-refractivity contribution is 0.0696. The van der Waals surface area contributed by atoms with Gasteiger partial charge in [-0.1, -0.05) is 11.6 Å². The smallest absolute Gasteiger partial charge is 0.336 e. The van der Waals surface area contributed by atoms with E-state index in [9.17, 15) is 4.79 Å². The minimum atomic E-state index is -1.01. The molecule has 0 aliphatic rings. The number of nitrogens with two attached hydrogens (primary N) is 1. The number of benzene rings is 1. The number of carboxylic acid groups (broad SMARTS) is 1. The van der Waals surface area contributed by atoms with Crippen molar-refractivity contribution in [2.24, 2.45) is 5.84 Å². The topological polar surface area (TPSA) is 101 Å². The van der Waals surface area contributed by atoms with E-state index in [1.165, 1.54) is 6.07 Å². The third-order valence-corrected chi connectivity index (χ3v) is 2.68. The number of halogens is 1. The number of carboxylic acids is 1. The maximum absolute atomic E-state index is 11.0. The molecule has 6 nitrogen and oxygen atoms in total. The van der Waals surface area contributed by atoms with Crippen molar-refractivity contribution in [1.29, 1.82) is 0 Å². The monoisotopic (exact) mass is 252 g/mol. The van der Waals surface area contributed by atoms with Gasteiger partial charge in [0.15, 0.2) is 11.0 Å². The lowest BCUT2D eigenvalue weighted by Gasteiger charge is -2.07. The summed E-state index contributed by atoms with van der Waals surface area (Å²) >= 11 is 5.84. The first-order valence-electron chi connectivity index (χ1n) is 4.71. The van der Waals surface area contributed by atoms with Crippen LogP contribution in [0.15, 0.2) is 12.1 Å². The molecule has 0 unspecified atom stereocenters. The summed E-state index contributed by atoms with van der Waals surface area (Å²) in [5, 5.41) is 9.08. The molecular weight excluding hydrogens is 244 g/mol. The van der Waals surface area contributed by atoms with Gasteiger partial charge in [-0.3, -0.25) is 0 Å². The van der Waals surface area contributed by atoms with Crippen LogP contribution < -0.4 is 11.3 Å². The fourth-order valence-corrected chi connectivity index (χ4v) is 1.74. The van der Waals surface area contributed by atoms with Gasteiger partial charge in [0.2, 0.25) is 0 Å². The summed E-state index contributed by atoms with van der Waals surface area (Å²) in [6.07, 6.45) is 0. The van der Waals surface area contributed by atoms with E-state index in [0.29, 0.717) is 16.6 Å². The minimum absolute atomic E-state index is 0.102. The normalized spacial score (nSPS) is 10.5. The molecule has 0 spiro atoms. The van der Waals surface area contributed by atoms with E-state index >= 15 is 0 Å². The zero-order chi connectivity index (χ0) is 12.6. The maximum Gasteiger partial charge on any atom is 0.336 e. The van der Waals surface area contributed by atoms with Crippen molar-refractivity contribution in [3.8, 4) is 0 Å². The van der Waals surface area contributed by atoms with Crippen LogP contribution in [-0.2, 0) is 0 Å². The number of rotatable bonds is 2. The van der Waals surface area contributed by atoms with E-state index < -0.39 is 5.97 Å². The molecule has 0 amide bonds. The molecule has 88 valence electrons. The summed E-state index contributed by atoms with van der Waals surface area (Å²) < 4.78 is 0. The molecule has 0 saturated heterocycles. The predicted octanol–water partition coefficient (Wildman–Crippen LogP) is 1.58. The number of fused-ring (bicyclic) bond motifs is 1. The Kier molecular flexibility index (Phi) is 2.83. The van der Waals surface area contributed by atoms with Crippen molar-refractivity contribution in [3.05, 3.63) is 28.4 Å². The standard InChI is InChI=1S/C10H9ClN4O2/c1-4-5(10(16)17)2-3-6-7(4)14-8(11)9(13-6)15-12/h2-3H,12H2,1H3,(H,13,15)(H,16,17). The van der Waals surface area contributed by atoms with Gasteiger partial charge >= 0.3 is 5.97 Å². The number of nitrogen functional groups attached to an aromatic ring is 1. The van der Waals surface area contributed by atoms with Gasteiger partial charge in [-0.25, -0.2) is 20.6 Å². The molecule has 0 aliphatic carbocycles. The molecule has 0 radical (unpaired) electrons. The highest BCUT2D eigenvalue weighted by atomic mass is 35.5. The molecular formula is C10H9ClN4O2. The molecule has 4 N–H and O–H groups in total. The zero-order valence-corrected chi connectivity index (χ0v) is 9.62. The molecule has 1 aromatic heterocycles. The Hall–Kier alpha value is -1.92. The molecule has 0 saturated carbocycles. The van der Waals surface area contributed by atoms with Gasteiger partial charge in [-0.05, 0) is 24.6 Å². The van der Waals surface area contributed by atoms with Gasteiger partial charge in [0.25, 0.3) is 0 Å². The number of nitrogens with one attached hydrogen (secondary N) is 1. The highest BCUT2D eigenvalue weighted by molar-refractivity contribution is 6.32. The average Bonchev–Trinajstić information content (AvgIpc) is 2.29. The lowest BCUT2D eigenvalue weighted by Crippen LogP contribution is -2.10. The summed E-state index contributed by atoms with van der Waals surface area (Å²) in [5.74, 6) is 4.47. The average molecular weight is 253 g/mol. The number of hydrazine groups is 1. The second kappa shape index (κ2) is 4.15. The first kappa shape index (κ1) is 11.6. The van der Waals surface area contributed by atoms with Crippen LogP contribution in [0.3, 0.4) is 0 Å². The van der Waals surface area contributed by atoms with Gasteiger partial charge < -0.3 is 10.5 Å². The van der Waals surface area contributed by atoms with Crippen molar-refractivity contribution < 1.29 is 9.90 Å². The third kappa shape index (κ3) is 1.88. The second-order valence-corrected chi connectivity index (χ2v) is 3.78. The molecule has 1 heterocycles. The van der Waals surface area contributed by atoms with Crippen molar-refractivity contribution in [3.63, 3.8) is 0 Å². The van der Waals surface area contributed by atoms with E-state index in [0.717, 1.165) is 0 Å². The summed E-state index contributed by atoms with van der Waals surface area (Å²) in [7, 11) is 0. The number of hydrogen-bond donors (Lipinski definition) is 3. The van der Waals surface area contributed by atoms with Crippen LogP contribution >= 0.6 is 11.6 Å². The highest BCUT2D eigenvalue weighted by Crippen LogP contribution is 2.24. The van der Waals surface area contributed by atoms with Crippen molar-refractivity contribution in [2.45, 2.75) is 6.92 Å². The Balaban J connectivity index is 2.78. The van der Waals surface area contributed by atoms with E-state index in [2.05, 4.69) is 15.4 Å². The van der Waals surface area contributed by atoms with Crippen LogP contribution in [0.25, 0.3) is 11.0 Å². The molecule has 1 aromatic carbocycles. The predicted molar refractivity (Wildman–Crippen MR) is 64.1 cm³/mol. The largest absolute Gasteiger partial charge is 0.478 e. The second-order valence-electron chi connectivity index (χ2n) is 3.42. The molecule has 0 bridgehead atoms. The first-order valence-corrected chi connectivity index (χ1v) is 5.09. The SMILES string of the molecule is Cc1c(C(=O)O)ccc2nc(NN)c(Cl)nc12. The third-order valence-electron chi connectivity index (χ3n) is 2.41.